The van der Waals surface area contributed by atoms with Crippen molar-refractivity contribution in [2.75, 3.05) is 5.32 Å². The van der Waals surface area contributed by atoms with Crippen LogP contribution in [0.2, 0.25) is 0 Å². The highest BCUT2D eigenvalue weighted by atomic mass is 79.9. The molecule has 0 bridgehead atoms. The van der Waals surface area contributed by atoms with Gasteiger partial charge in [-0.25, -0.2) is 0 Å². The molecule has 0 fully saturated rings. The highest BCUT2D eigenvalue weighted by molar-refractivity contribution is 9.10. The fraction of sp³-hybridized carbons (Fsp3) is 0.294. The van der Waals surface area contributed by atoms with Crippen molar-refractivity contribution in [3.63, 3.8) is 0 Å². The first-order valence-corrected chi connectivity index (χ1v) is 8.23. The number of hydrogen-bond acceptors (Lipinski definition) is 1. The van der Waals surface area contributed by atoms with Crippen molar-refractivity contribution in [2.24, 2.45) is 0 Å². The smallest absolute Gasteiger partial charge is 0.0400 e. The van der Waals surface area contributed by atoms with Crippen LogP contribution in [0.1, 0.15) is 27.8 Å². The van der Waals surface area contributed by atoms with Crippen LogP contribution in [0.5, 0.6) is 0 Å². The minimum atomic E-state index is 0.843. The topological polar surface area (TPSA) is 12.0 Å². The Labute approximate surface area is 138 Å². The highest BCUT2D eigenvalue weighted by Gasteiger charge is 2.04. The molecule has 20 heavy (non-hydrogen) atoms. The van der Waals surface area contributed by atoms with Gasteiger partial charge in [-0.2, -0.15) is 0 Å². The Bertz CT molecular complexity index is 544. The summed E-state index contributed by atoms with van der Waals surface area (Å²) in [7, 11) is 0. The van der Waals surface area contributed by atoms with E-state index >= 15 is 0 Å². The van der Waals surface area contributed by atoms with Gasteiger partial charge < -0.3 is 5.32 Å². The van der Waals surface area contributed by atoms with Crippen molar-refractivity contribution < 1.29 is 0 Å². The van der Waals surface area contributed by atoms with Crippen LogP contribution in [0, 0.1) is 27.7 Å². The third-order valence-corrected chi connectivity index (χ3v) is 5.93. The molecular weight excluding hydrogens is 378 g/mol. The zero-order valence-corrected chi connectivity index (χ0v) is 15.4. The molecule has 0 spiro atoms. The number of anilines is 1. The predicted octanol–water partition coefficient (Wildman–Crippen LogP) is 6.06. The molecule has 1 nitrogen and oxygen atoms in total. The monoisotopic (exact) mass is 395 g/mol. The minimum Gasteiger partial charge on any atom is -0.381 e. The van der Waals surface area contributed by atoms with Crippen molar-refractivity contribution in [3.8, 4) is 0 Å². The lowest BCUT2D eigenvalue weighted by atomic mass is 10.1. The molecule has 0 radical (unpaired) electrons. The van der Waals surface area contributed by atoms with Crippen LogP contribution in [-0.2, 0) is 6.54 Å². The van der Waals surface area contributed by atoms with Crippen LogP contribution in [0.4, 0.5) is 5.69 Å². The molecule has 0 aliphatic rings. The Hall–Kier alpha value is -0.800. The summed E-state index contributed by atoms with van der Waals surface area (Å²) in [5.41, 5.74) is 7.56. The summed E-state index contributed by atoms with van der Waals surface area (Å²) < 4.78 is 2.40. The summed E-state index contributed by atoms with van der Waals surface area (Å²) >= 11 is 7.21. The van der Waals surface area contributed by atoms with E-state index in [2.05, 4.69) is 89.1 Å². The second-order valence-corrected chi connectivity index (χ2v) is 6.91. The van der Waals surface area contributed by atoms with E-state index in [0.717, 1.165) is 6.54 Å². The van der Waals surface area contributed by atoms with Gasteiger partial charge in [0.2, 0.25) is 0 Å². The van der Waals surface area contributed by atoms with Gasteiger partial charge in [-0.05, 0) is 67.6 Å². The molecule has 0 aromatic heterocycles. The largest absolute Gasteiger partial charge is 0.381 e. The number of halogens is 2. The lowest BCUT2D eigenvalue weighted by Crippen LogP contribution is -2.01. The summed E-state index contributed by atoms with van der Waals surface area (Å²) in [6.07, 6.45) is 0. The van der Waals surface area contributed by atoms with Gasteiger partial charge in [-0.15, -0.1) is 0 Å². The molecule has 0 saturated carbocycles. The fourth-order valence-electron chi connectivity index (χ4n) is 2.39. The molecule has 0 atom stereocenters. The molecule has 0 saturated heterocycles. The van der Waals surface area contributed by atoms with Crippen LogP contribution >= 0.6 is 31.9 Å². The SMILES string of the molecule is Cc1cc(CNc2cc(C)c(Br)c(C)c2)cc(C)c1Br. The van der Waals surface area contributed by atoms with E-state index in [4.69, 9.17) is 0 Å². The third kappa shape index (κ3) is 3.44. The van der Waals surface area contributed by atoms with Gasteiger partial charge in [-0.1, -0.05) is 44.0 Å². The lowest BCUT2D eigenvalue weighted by molar-refractivity contribution is 1.12. The van der Waals surface area contributed by atoms with Crippen LogP contribution in [0.25, 0.3) is 0 Å². The van der Waals surface area contributed by atoms with Crippen molar-refractivity contribution in [1.29, 1.82) is 0 Å². The quantitative estimate of drug-likeness (QED) is 0.664. The number of hydrogen-bond donors (Lipinski definition) is 1. The van der Waals surface area contributed by atoms with E-state index in [1.165, 1.54) is 42.5 Å². The first-order valence-electron chi connectivity index (χ1n) is 6.64. The predicted molar refractivity (Wildman–Crippen MR) is 94.6 cm³/mol. The summed E-state index contributed by atoms with van der Waals surface area (Å²) in [5, 5.41) is 3.51. The van der Waals surface area contributed by atoms with E-state index in [-0.39, 0.29) is 0 Å². The normalized spacial score (nSPS) is 10.7. The van der Waals surface area contributed by atoms with Crippen LogP contribution in [-0.4, -0.2) is 0 Å². The molecular formula is C17H19Br2N. The van der Waals surface area contributed by atoms with Gasteiger partial charge in [0.15, 0.2) is 0 Å². The van der Waals surface area contributed by atoms with E-state index in [0.29, 0.717) is 0 Å². The van der Waals surface area contributed by atoms with Crippen LogP contribution < -0.4 is 5.32 Å². The molecule has 0 unspecified atom stereocenters. The first kappa shape index (κ1) is 15.6. The molecule has 3 heteroatoms. The third-order valence-electron chi connectivity index (χ3n) is 3.43. The Morgan fingerprint density at radius 2 is 1.15 bits per heavy atom. The number of rotatable bonds is 3. The van der Waals surface area contributed by atoms with E-state index in [1.54, 1.807) is 0 Å². The van der Waals surface area contributed by atoms with E-state index in [9.17, 15) is 0 Å². The highest BCUT2D eigenvalue weighted by Crippen LogP contribution is 2.26. The molecule has 2 aromatic carbocycles. The molecule has 1 N–H and O–H groups in total. The Kier molecular flexibility index (Phi) is 4.92. The van der Waals surface area contributed by atoms with Gasteiger partial charge in [0, 0.05) is 21.2 Å². The van der Waals surface area contributed by atoms with E-state index in [1.807, 2.05) is 0 Å². The maximum atomic E-state index is 3.61. The fourth-order valence-corrected chi connectivity index (χ4v) is 2.85. The second-order valence-electron chi connectivity index (χ2n) is 5.32. The molecule has 106 valence electrons. The Morgan fingerprint density at radius 1 is 0.750 bits per heavy atom. The van der Waals surface area contributed by atoms with Crippen LogP contribution in [0.15, 0.2) is 33.2 Å². The van der Waals surface area contributed by atoms with Crippen molar-refractivity contribution in [1.82, 2.24) is 0 Å². The van der Waals surface area contributed by atoms with Crippen molar-refractivity contribution in [2.45, 2.75) is 34.2 Å². The van der Waals surface area contributed by atoms with Gasteiger partial charge >= 0.3 is 0 Å². The standard InChI is InChI=1S/C17H19Br2N/c1-10-5-14(6-11(2)16(10)18)9-20-15-7-12(3)17(19)13(4)8-15/h5-8,20H,9H2,1-4H3. The summed E-state index contributed by atoms with van der Waals surface area (Å²) in [6.45, 7) is 9.35. The molecule has 2 rings (SSSR count). The van der Waals surface area contributed by atoms with Gasteiger partial charge in [0.1, 0.15) is 0 Å². The van der Waals surface area contributed by atoms with Gasteiger partial charge in [-0.3, -0.25) is 0 Å². The van der Waals surface area contributed by atoms with Gasteiger partial charge in [0.25, 0.3) is 0 Å². The summed E-state index contributed by atoms with van der Waals surface area (Å²) in [5.74, 6) is 0. The minimum absolute atomic E-state index is 0.843. The number of aryl methyl sites for hydroxylation is 4. The maximum absolute atomic E-state index is 3.61. The van der Waals surface area contributed by atoms with Crippen molar-refractivity contribution >= 4 is 37.5 Å². The zero-order valence-electron chi connectivity index (χ0n) is 12.3. The molecule has 0 aliphatic carbocycles. The first-order chi connectivity index (χ1) is 9.38. The average Bonchev–Trinajstić information content (AvgIpc) is 2.39. The molecule has 2 aromatic rings. The van der Waals surface area contributed by atoms with E-state index < -0.39 is 0 Å². The molecule has 0 amide bonds. The van der Waals surface area contributed by atoms with Crippen molar-refractivity contribution in [3.05, 3.63) is 61.0 Å². The maximum Gasteiger partial charge on any atom is 0.0400 e. The Balaban J connectivity index is 2.17. The lowest BCUT2D eigenvalue weighted by Gasteiger charge is -2.12. The van der Waals surface area contributed by atoms with Gasteiger partial charge in [0.05, 0.1) is 0 Å². The average molecular weight is 397 g/mol. The van der Waals surface area contributed by atoms with Crippen LogP contribution in [0.3, 0.4) is 0 Å². The number of benzene rings is 2. The molecule has 0 heterocycles. The Morgan fingerprint density at radius 3 is 1.60 bits per heavy atom. The second kappa shape index (κ2) is 6.31. The summed E-state index contributed by atoms with van der Waals surface area (Å²) in [4.78, 5) is 0. The summed E-state index contributed by atoms with van der Waals surface area (Å²) in [6, 6.07) is 8.80. The zero-order chi connectivity index (χ0) is 14.9. The molecule has 0 aliphatic heterocycles. The number of nitrogens with one attached hydrogen (secondary N) is 1.